The highest BCUT2D eigenvalue weighted by Gasteiger charge is 2.51. The van der Waals surface area contributed by atoms with Gasteiger partial charge in [-0.15, -0.1) is 0 Å². The zero-order valence-electron chi connectivity index (χ0n) is 12.1. The third-order valence-electron chi connectivity index (χ3n) is 3.67. The van der Waals surface area contributed by atoms with Gasteiger partial charge in [-0.05, 0) is 16.8 Å². The highest BCUT2D eigenvalue weighted by molar-refractivity contribution is 6.00. The molecular weight excluding hydrogens is 326 g/mol. The topological polar surface area (TPSA) is 102 Å². The fraction of sp³-hybridized carbons (Fsp3) is 0.214. The highest BCUT2D eigenvalue weighted by Crippen LogP contribution is 2.33. The van der Waals surface area contributed by atoms with Crippen molar-refractivity contribution in [3.63, 3.8) is 0 Å². The molecule has 124 valence electrons. The van der Waals surface area contributed by atoms with Gasteiger partial charge in [0.25, 0.3) is 11.8 Å². The van der Waals surface area contributed by atoms with Gasteiger partial charge in [-0.2, -0.15) is 0 Å². The van der Waals surface area contributed by atoms with Crippen molar-refractivity contribution in [2.24, 2.45) is 10.3 Å². The monoisotopic (exact) mass is 336 g/mol. The molecule has 0 saturated carbocycles. The van der Waals surface area contributed by atoms with Gasteiger partial charge in [0.15, 0.2) is 18.4 Å². The van der Waals surface area contributed by atoms with Gasteiger partial charge in [0, 0.05) is 12.8 Å². The first-order valence-electron chi connectivity index (χ1n) is 6.88. The van der Waals surface area contributed by atoms with Gasteiger partial charge >= 0.3 is 0 Å². The molecule has 0 bridgehead atoms. The maximum absolute atomic E-state index is 14.0. The lowest BCUT2D eigenvalue weighted by Gasteiger charge is -2.30. The van der Waals surface area contributed by atoms with Crippen molar-refractivity contribution < 1.29 is 33.0 Å². The number of nitrogens with zero attached hydrogens (tertiary/aromatic N) is 4. The fourth-order valence-corrected chi connectivity index (χ4v) is 2.58. The van der Waals surface area contributed by atoms with Gasteiger partial charge in [-0.3, -0.25) is 9.59 Å². The molecule has 0 aromatic heterocycles. The maximum atomic E-state index is 14.0. The summed E-state index contributed by atoms with van der Waals surface area (Å²) in [6, 6.07) is 3.15. The van der Waals surface area contributed by atoms with Crippen LogP contribution in [0.15, 0.2) is 40.4 Å². The van der Waals surface area contributed by atoms with E-state index in [-0.39, 0.29) is 12.8 Å². The molecule has 8 nitrogen and oxygen atoms in total. The zero-order valence-corrected chi connectivity index (χ0v) is 12.1. The summed E-state index contributed by atoms with van der Waals surface area (Å²) >= 11 is 0. The van der Waals surface area contributed by atoms with Gasteiger partial charge in [0.1, 0.15) is 11.6 Å². The Hall–Kier alpha value is -3.01. The van der Waals surface area contributed by atoms with Crippen LogP contribution in [0.4, 0.5) is 8.78 Å². The number of amides is 2. The second kappa shape index (κ2) is 5.57. The van der Waals surface area contributed by atoms with E-state index in [0.29, 0.717) is 5.01 Å². The summed E-state index contributed by atoms with van der Waals surface area (Å²) < 4.78 is 26.8. The molecule has 0 N–H and O–H groups in total. The molecular formula is C14H10F2N4O4. The Morgan fingerprint density at radius 1 is 1.21 bits per heavy atom. The van der Waals surface area contributed by atoms with Crippen LogP contribution in [0.25, 0.3) is 0 Å². The van der Waals surface area contributed by atoms with Crippen molar-refractivity contribution in [2.45, 2.75) is 19.4 Å². The van der Waals surface area contributed by atoms with E-state index in [1.807, 2.05) is 0 Å². The van der Waals surface area contributed by atoms with Gasteiger partial charge in [-0.1, -0.05) is 16.2 Å². The first kappa shape index (κ1) is 15.9. The molecule has 0 aliphatic carbocycles. The van der Waals surface area contributed by atoms with Crippen molar-refractivity contribution >= 4 is 17.8 Å². The molecule has 2 aliphatic rings. The van der Waals surface area contributed by atoms with Crippen LogP contribution in [-0.2, 0) is 20.9 Å². The molecule has 0 spiro atoms. The van der Waals surface area contributed by atoms with Crippen molar-refractivity contribution in [2.75, 3.05) is 0 Å². The number of imide groups is 1. The third kappa shape index (κ3) is 2.46. The molecule has 1 fully saturated rings. The summed E-state index contributed by atoms with van der Waals surface area (Å²) in [6.45, 7) is -0.629. The average molecular weight is 336 g/mol. The number of hydrogen-bond acceptors (Lipinski definition) is 6. The SMILES string of the molecule is O=C([O-])C1=C[N+](Cc2c(F)cccc2F)(N2C(=O)CCC2=O)N=N1. The van der Waals surface area contributed by atoms with Crippen LogP contribution in [0, 0.1) is 11.6 Å². The Morgan fingerprint density at radius 3 is 2.29 bits per heavy atom. The van der Waals surface area contributed by atoms with Crippen LogP contribution < -0.4 is 5.11 Å². The fourth-order valence-electron chi connectivity index (χ4n) is 2.58. The Kier molecular flexibility index (Phi) is 3.68. The van der Waals surface area contributed by atoms with Crippen molar-refractivity contribution in [3.8, 4) is 0 Å². The molecule has 0 radical (unpaired) electrons. The lowest BCUT2D eigenvalue weighted by molar-refractivity contribution is -0.987. The summed E-state index contributed by atoms with van der Waals surface area (Å²) in [6.07, 6.45) is 0.632. The van der Waals surface area contributed by atoms with Crippen LogP contribution >= 0.6 is 0 Å². The molecule has 2 aliphatic heterocycles. The number of carboxylic acids is 1. The van der Waals surface area contributed by atoms with Gasteiger partial charge < -0.3 is 9.90 Å². The second-order valence-electron chi connectivity index (χ2n) is 5.23. The average Bonchev–Trinajstić information content (AvgIpc) is 3.08. The smallest absolute Gasteiger partial charge is 0.280 e. The minimum atomic E-state index is -1.69. The van der Waals surface area contributed by atoms with Gasteiger partial charge in [0.05, 0.1) is 16.8 Å². The van der Waals surface area contributed by atoms with E-state index >= 15 is 0 Å². The van der Waals surface area contributed by atoms with Gasteiger partial charge in [-0.25, -0.2) is 8.78 Å². The molecule has 1 saturated heterocycles. The first-order valence-corrected chi connectivity index (χ1v) is 6.88. The molecule has 3 rings (SSSR count). The first-order chi connectivity index (χ1) is 11.3. The largest absolute Gasteiger partial charge is 0.543 e. The molecule has 1 atom stereocenters. The summed E-state index contributed by atoms with van der Waals surface area (Å²) in [7, 11) is 0. The predicted octanol–water partition coefficient (Wildman–Crippen LogP) is 0.318. The van der Waals surface area contributed by atoms with E-state index in [1.165, 1.54) is 0 Å². The molecule has 2 amide bonds. The number of rotatable bonds is 4. The van der Waals surface area contributed by atoms with Crippen LogP contribution in [0.1, 0.15) is 18.4 Å². The summed E-state index contributed by atoms with van der Waals surface area (Å²) in [5.74, 6) is -4.82. The minimum Gasteiger partial charge on any atom is -0.543 e. The van der Waals surface area contributed by atoms with Crippen LogP contribution in [-0.4, -0.2) is 27.5 Å². The molecule has 24 heavy (non-hydrogen) atoms. The number of aliphatic carboxylic acids is 1. The molecule has 2 heterocycles. The van der Waals surface area contributed by atoms with E-state index in [9.17, 15) is 28.3 Å². The Bertz CT molecular complexity index is 787. The predicted molar refractivity (Wildman–Crippen MR) is 69.4 cm³/mol. The van der Waals surface area contributed by atoms with Crippen LogP contribution in [0.2, 0.25) is 0 Å². The zero-order chi connectivity index (χ0) is 17.5. The number of quaternary nitrogens is 1. The Morgan fingerprint density at radius 2 is 1.79 bits per heavy atom. The number of benzene rings is 1. The van der Waals surface area contributed by atoms with E-state index in [2.05, 4.69) is 10.3 Å². The highest BCUT2D eigenvalue weighted by atomic mass is 19.1. The molecule has 1 unspecified atom stereocenters. The number of hydrogen-bond donors (Lipinski definition) is 0. The second-order valence-corrected chi connectivity index (χ2v) is 5.23. The van der Waals surface area contributed by atoms with Gasteiger partial charge in [0.2, 0.25) is 0 Å². The number of carboxylic acid groups (broad SMARTS) is 1. The lowest BCUT2D eigenvalue weighted by atomic mass is 10.2. The lowest BCUT2D eigenvalue weighted by Crippen LogP contribution is -2.54. The Labute approximate surface area is 133 Å². The van der Waals surface area contributed by atoms with Crippen molar-refractivity contribution in [1.82, 2.24) is 5.01 Å². The summed E-state index contributed by atoms with van der Waals surface area (Å²) in [5, 5.41) is 18.6. The minimum absolute atomic E-state index is 0.109. The number of halogens is 2. The number of carbonyl (C=O) groups excluding carboxylic acids is 3. The molecule has 1 aromatic rings. The van der Waals surface area contributed by atoms with E-state index < -0.39 is 51.9 Å². The van der Waals surface area contributed by atoms with E-state index in [4.69, 9.17) is 0 Å². The summed E-state index contributed by atoms with van der Waals surface area (Å²) in [4.78, 5) is 35.0. The summed E-state index contributed by atoms with van der Waals surface area (Å²) in [5.41, 5.74) is -1.10. The maximum Gasteiger partial charge on any atom is 0.280 e. The standard InChI is InChI=1S/C14H10F2N4O4/c15-9-2-1-3-10(16)8(9)6-20(7-11(14(23)24)17-18-20)19-12(21)4-5-13(19)22/h1-3,7H,4-6H2. The van der Waals surface area contributed by atoms with E-state index in [0.717, 1.165) is 24.4 Å². The quantitative estimate of drug-likeness (QED) is 0.583. The number of carbonyl (C=O) groups is 3. The Balaban J connectivity index is 2.11. The van der Waals surface area contributed by atoms with Crippen LogP contribution in [0.3, 0.4) is 0 Å². The third-order valence-corrected chi connectivity index (χ3v) is 3.67. The van der Waals surface area contributed by atoms with Crippen LogP contribution in [0.5, 0.6) is 0 Å². The van der Waals surface area contributed by atoms with Crippen molar-refractivity contribution in [1.29, 1.82) is 0 Å². The molecule has 1 aromatic carbocycles. The normalized spacial score (nSPS) is 23.1. The van der Waals surface area contributed by atoms with E-state index in [1.54, 1.807) is 0 Å². The van der Waals surface area contributed by atoms with Crippen molar-refractivity contribution in [3.05, 3.63) is 47.3 Å². The molecule has 10 heteroatoms.